The molecule has 0 amide bonds. The Morgan fingerprint density at radius 1 is 0.309 bits per heavy atom. The monoisotopic (exact) mass is 714 g/mol. The van der Waals surface area contributed by atoms with E-state index in [9.17, 15) is 0 Å². The van der Waals surface area contributed by atoms with E-state index in [1.165, 1.54) is 97.6 Å². The molecule has 0 bridgehead atoms. The molecule has 256 valence electrons. The normalized spacial score (nSPS) is 13.2. The minimum Gasteiger partial charge on any atom is -0.309 e. The Balaban J connectivity index is 1.10. The zero-order valence-electron chi connectivity index (χ0n) is 30.0. The maximum absolute atomic E-state index is 2.57. The third-order valence-electron chi connectivity index (χ3n) is 12.2. The number of rotatable bonds is 4. The highest BCUT2D eigenvalue weighted by Gasteiger charge is 2.48. The minimum absolute atomic E-state index is 1.17. The van der Waals surface area contributed by atoms with Crippen molar-refractivity contribution in [2.75, 3.05) is 0 Å². The largest absolute Gasteiger partial charge is 0.309 e. The third kappa shape index (κ3) is 4.13. The van der Waals surface area contributed by atoms with Crippen LogP contribution in [-0.4, -0.2) is 17.2 Å². The van der Waals surface area contributed by atoms with Crippen LogP contribution in [0.2, 0.25) is 0 Å². The van der Waals surface area contributed by atoms with Crippen LogP contribution >= 0.6 is 0 Å². The zero-order chi connectivity index (χ0) is 36.1. The van der Waals surface area contributed by atoms with Gasteiger partial charge in [-0.3, -0.25) is 0 Å². The summed E-state index contributed by atoms with van der Waals surface area (Å²) in [7, 11) is -2.57. The summed E-state index contributed by atoms with van der Waals surface area (Å²) in [5, 5.41) is 13.4. The van der Waals surface area contributed by atoms with E-state index in [0.29, 0.717) is 0 Å². The summed E-state index contributed by atoms with van der Waals surface area (Å²) >= 11 is 0. The van der Waals surface area contributed by atoms with Crippen molar-refractivity contribution in [1.29, 1.82) is 0 Å². The van der Waals surface area contributed by atoms with Gasteiger partial charge in [-0.25, -0.2) is 0 Å². The number of aromatic nitrogens is 2. The zero-order valence-corrected chi connectivity index (χ0v) is 31.0. The van der Waals surface area contributed by atoms with Crippen LogP contribution in [0.1, 0.15) is 0 Å². The average Bonchev–Trinajstić information content (AvgIpc) is 3.88. The van der Waals surface area contributed by atoms with E-state index >= 15 is 0 Å². The Morgan fingerprint density at radius 3 is 1.42 bits per heavy atom. The average molecular weight is 715 g/mol. The van der Waals surface area contributed by atoms with Crippen molar-refractivity contribution in [3.8, 4) is 22.5 Å². The Bertz CT molecular complexity index is 3270. The summed E-state index contributed by atoms with van der Waals surface area (Å²) < 4.78 is 4.92. The fourth-order valence-electron chi connectivity index (χ4n) is 9.96. The standard InChI is InChI=1S/C52H34N2Si/c1-2-16-39(17-3-1)55(49-24-12-8-18-41(49)42-19-9-13-25-50(42)55)40-30-28-37(29-31-40)53-45-22-10-6-20-43(45)51-47(53)32-33-48-52(51)44-21-7-11-23-46(44)54(48)38-27-26-35-14-4-5-15-36(35)34-38/h1-34H. The van der Waals surface area contributed by atoms with E-state index in [0.717, 1.165) is 0 Å². The summed E-state index contributed by atoms with van der Waals surface area (Å²) in [6, 6.07) is 77.0. The molecular formula is C52H34N2Si. The lowest BCUT2D eigenvalue weighted by molar-refractivity contribution is 1.17. The molecular weight excluding hydrogens is 681 g/mol. The van der Waals surface area contributed by atoms with Crippen molar-refractivity contribution in [3.05, 3.63) is 206 Å². The van der Waals surface area contributed by atoms with Gasteiger partial charge in [-0.05, 0) is 91.2 Å². The fraction of sp³-hybridized carbons (Fsp3) is 0. The SMILES string of the molecule is c1ccc([Si]2(c3ccc(-n4c5ccccc5c5c6c7ccccc7n(-c7ccc8ccccc8c7)c6ccc54)cc3)c3ccccc3-c3ccccc32)cc1. The predicted octanol–water partition coefficient (Wildman–Crippen LogP) is 10.4. The minimum atomic E-state index is -2.57. The number of hydrogen-bond acceptors (Lipinski definition) is 0. The van der Waals surface area contributed by atoms with Crippen LogP contribution in [0.5, 0.6) is 0 Å². The molecule has 0 fully saturated rings. The molecule has 55 heavy (non-hydrogen) atoms. The topological polar surface area (TPSA) is 9.86 Å². The second-order valence-electron chi connectivity index (χ2n) is 14.8. The van der Waals surface area contributed by atoms with Gasteiger partial charge in [0.25, 0.3) is 0 Å². The summed E-state index contributed by atoms with van der Waals surface area (Å²) in [6.45, 7) is 0. The van der Waals surface area contributed by atoms with Gasteiger partial charge in [0.2, 0.25) is 0 Å². The molecule has 2 nitrogen and oxygen atoms in total. The van der Waals surface area contributed by atoms with Gasteiger partial charge in [-0.2, -0.15) is 0 Å². The first-order valence-corrected chi connectivity index (χ1v) is 21.1. The van der Waals surface area contributed by atoms with E-state index in [1.807, 2.05) is 0 Å². The molecule has 3 heterocycles. The maximum atomic E-state index is 2.48. The second kappa shape index (κ2) is 11.5. The number of hydrogen-bond donors (Lipinski definition) is 0. The van der Waals surface area contributed by atoms with E-state index in [2.05, 4.69) is 215 Å². The molecule has 2 aromatic heterocycles. The Hall–Kier alpha value is -6.94. The summed E-state index contributed by atoms with van der Waals surface area (Å²) in [5.41, 5.74) is 9.95. The van der Waals surface area contributed by atoms with Crippen LogP contribution in [0.15, 0.2) is 206 Å². The van der Waals surface area contributed by atoms with Crippen molar-refractivity contribution in [3.63, 3.8) is 0 Å². The van der Waals surface area contributed by atoms with Gasteiger partial charge in [0.15, 0.2) is 8.07 Å². The molecule has 0 spiro atoms. The lowest BCUT2D eigenvalue weighted by Crippen LogP contribution is -2.72. The van der Waals surface area contributed by atoms with Gasteiger partial charge in [-0.15, -0.1) is 0 Å². The molecule has 0 radical (unpaired) electrons. The van der Waals surface area contributed by atoms with E-state index in [4.69, 9.17) is 0 Å². The number of fused-ring (bicyclic) bond motifs is 11. The molecule has 11 aromatic rings. The highest BCUT2D eigenvalue weighted by molar-refractivity contribution is 7.22. The first-order valence-electron chi connectivity index (χ1n) is 19.1. The van der Waals surface area contributed by atoms with Gasteiger partial charge >= 0.3 is 0 Å². The van der Waals surface area contributed by atoms with Crippen LogP contribution in [0, 0.1) is 0 Å². The van der Waals surface area contributed by atoms with E-state index in [-0.39, 0.29) is 0 Å². The van der Waals surface area contributed by atoms with Crippen LogP contribution in [0.25, 0.3) is 76.9 Å². The molecule has 0 aliphatic carbocycles. The first kappa shape index (κ1) is 30.5. The molecule has 0 saturated carbocycles. The molecule has 0 saturated heterocycles. The lowest BCUT2D eigenvalue weighted by atomic mass is 10.1. The summed E-state index contributed by atoms with van der Waals surface area (Å²) in [6.07, 6.45) is 0. The highest BCUT2D eigenvalue weighted by Crippen LogP contribution is 2.42. The maximum Gasteiger partial charge on any atom is 0.180 e. The molecule has 0 atom stereocenters. The second-order valence-corrected chi connectivity index (χ2v) is 18.6. The predicted molar refractivity (Wildman–Crippen MR) is 235 cm³/mol. The van der Waals surface area contributed by atoms with Gasteiger partial charge in [0.1, 0.15) is 0 Å². The number of benzene rings is 9. The molecule has 12 rings (SSSR count). The summed E-state index contributed by atoms with van der Waals surface area (Å²) in [5.74, 6) is 0. The summed E-state index contributed by atoms with van der Waals surface area (Å²) in [4.78, 5) is 0. The van der Waals surface area contributed by atoms with Crippen LogP contribution in [0.3, 0.4) is 0 Å². The van der Waals surface area contributed by atoms with Gasteiger partial charge in [0, 0.05) is 32.9 Å². The number of nitrogens with zero attached hydrogens (tertiary/aromatic N) is 2. The molecule has 0 N–H and O–H groups in total. The third-order valence-corrected chi connectivity index (χ3v) is 17.1. The highest BCUT2D eigenvalue weighted by atomic mass is 28.3. The van der Waals surface area contributed by atoms with Crippen molar-refractivity contribution in [1.82, 2.24) is 9.13 Å². The Labute approximate surface area is 319 Å². The van der Waals surface area contributed by atoms with Crippen molar-refractivity contribution in [2.45, 2.75) is 0 Å². The van der Waals surface area contributed by atoms with Crippen molar-refractivity contribution < 1.29 is 0 Å². The first-order chi connectivity index (χ1) is 27.3. The van der Waals surface area contributed by atoms with Crippen molar-refractivity contribution >= 4 is 83.2 Å². The van der Waals surface area contributed by atoms with Gasteiger partial charge in [0.05, 0.1) is 22.1 Å². The quantitative estimate of drug-likeness (QED) is 0.161. The Kier molecular flexibility index (Phi) is 6.39. The molecule has 9 aromatic carbocycles. The Morgan fingerprint density at radius 2 is 0.782 bits per heavy atom. The van der Waals surface area contributed by atoms with Crippen LogP contribution < -0.4 is 20.7 Å². The molecule has 3 heteroatoms. The van der Waals surface area contributed by atoms with Gasteiger partial charge in [-0.1, -0.05) is 158 Å². The lowest BCUT2D eigenvalue weighted by Gasteiger charge is -2.31. The van der Waals surface area contributed by atoms with Gasteiger partial charge < -0.3 is 9.13 Å². The molecule has 1 aliphatic rings. The smallest absolute Gasteiger partial charge is 0.180 e. The van der Waals surface area contributed by atoms with Crippen LogP contribution in [-0.2, 0) is 0 Å². The molecule has 1 aliphatic heterocycles. The fourth-order valence-corrected chi connectivity index (χ4v) is 15.1. The van der Waals surface area contributed by atoms with Crippen molar-refractivity contribution in [2.24, 2.45) is 0 Å². The molecule has 0 unspecified atom stereocenters. The van der Waals surface area contributed by atoms with E-state index < -0.39 is 8.07 Å². The number of para-hydroxylation sites is 2. The van der Waals surface area contributed by atoms with Crippen LogP contribution in [0.4, 0.5) is 0 Å². The van der Waals surface area contributed by atoms with E-state index in [1.54, 1.807) is 0 Å².